The van der Waals surface area contributed by atoms with Gasteiger partial charge >= 0.3 is 0 Å². The van der Waals surface area contributed by atoms with Gasteiger partial charge in [0.2, 0.25) is 0 Å². The summed E-state index contributed by atoms with van der Waals surface area (Å²) in [4.78, 5) is 3.94. The second-order valence-electron chi connectivity index (χ2n) is 4.64. The zero-order valence-electron chi connectivity index (χ0n) is 11.1. The summed E-state index contributed by atoms with van der Waals surface area (Å²) in [6.07, 6.45) is 1.63. The number of nitrogens with zero attached hydrogens (tertiary/aromatic N) is 2. The van der Waals surface area contributed by atoms with Crippen molar-refractivity contribution in [2.24, 2.45) is 0 Å². The molecule has 0 saturated carbocycles. The van der Waals surface area contributed by atoms with Gasteiger partial charge in [0.05, 0.1) is 0 Å². The number of para-hydroxylation sites is 1. The molecule has 2 aromatic rings. The van der Waals surface area contributed by atoms with E-state index in [-0.39, 0.29) is 0 Å². The molecular formula is C16H16N2O. The molecule has 0 aliphatic carbocycles. The molecule has 1 heterocycles. The molecule has 1 aromatic carbocycles. The number of pyridine rings is 1. The van der Waals surface area contributed by atoms with E-state index in [1.54, 1.807) is 12.3 Å². The second kappa shape index (κ2) is 6.01. The van der Waals surface area contributed by atoms with Crippen LogP contribution in [-0.2, 0) is 6.61 Å². The molecule has 3 heteroatoms. The maximum Gasteiger partial charge on any atom is 0.140 e. The predicted molar refractivity (Wildman–Crippen MR) is 73.8 cm³/mol. The quantitative estimate of drug-likeness (QED) is 0.834. The topological polar surface area (TPSA) is 45.9 Å². The molecule has 0 amide bonds. The lowest BCUT2D eigenvalue weighted by Crippen LogP contribution is -2.00. The van der Waals surface area contributed by atoms with Crippen LogP contribution in [0, 0.1) is 11.3 Å². The van der Waals surface area contributed by atoms with Crippen LogP contribution >= 0.6 is 0 Å². The van der Waals surface area contributed by atoms with Gasteiger partial charge in [-0.05, 0) is 35.2 Å². The van der Waals surface area contributed by atoms with E-state index in [2.05, 4.69) is 24.9 Å². The van der Waals surface area contributed by atoms with Gasteiger partial charge < -0.3 is 4.74 Å². The Bertz CT molecular complexity index is 600. The molecule has 0 bridgehead atoms. The van der Waals surface area contributed by atoms with Gasteiger partial charge in [-0.25, -0.2) is 4.98 Å². The van der Waals surface area contributed by atoms with Crippen LogP contribution in [0.25, 0.3) is 0 Å². The van der Waals surface area contributed by atoms with E-state index in [9.17, 15) is 0 Å². The summed E-state index contributed by atoms with van der Waals surface area (Å²) in [6.45, 7) is 4.73. The molecule has 3 nitrogen and oxygen atoms in total. The number of hydrogen-bond acceptors (Lipinski definition) is 3. The fourth-order valence-corrected chi connectivity index (χ4v) is 1.88. The Balaban J connectivity index is 2.12. The van der Waals surface area contributed by atoms with Crippen molar-refractivity contribution in [1.29, 1.82) is 5.26 Å². The van der Waals surface area contributed by atoms with Crippen molar-refractivity contribution < 1.29 is 4.74 Å². The molecule has 1 aromatic heterocycles. The smallest absolute Gasteiger partial charge is 0.140 e. The summed E-state index contributed by atoms with van der Waals surface area (Å²) < 4.78 is 5.85. The SMILES string of the molecule is CC(C)c1ccccc1OCc1ccnc(C#N)c1. The predicted octanol–water partition coefficient (Wildman–Crippen LogP) is 3.66. The minimum Gasteiger partial charge on any atom is -0.489 e. The third-order valence-corrected chi connectivity index (χ3v) is 2.87. The van der Waals surface area contributed by atoms with Crippen molar-refractivity contribution in [3.8, 4) is 11.8 Å². The van der Waals surface area contributed by atoms with Gasteiger partial charge in [0.15, 0.2) is 0 Å². The summed E-state index contributed by atoms with van der Waals surface area (Å²) in [5.41, 5.74) is 2.56. The zero-order chi connectivity index (χ0) is 13.7. The summed E-state index contributed by atoms with van der Waals surface area (Å²) in [7, 11) is 0. The van der Waals surface area contributed by atoms with Gasteiger partial charge in [0.25, 0.3) is 0 Å². The normalized spacial score (nSPS) is 10.2. The monoisotopic (exact) mass is 252 g/mol. The fourth-order valence-electron chi connectivity index (χ4n) is 1.88. The first kappa shape index (κ1) is 13.1. The molecule has 0 radical (unpaired) electrons. The van der Waals surface area contributed by atoms with Crippen LogP contribution in [0.3, 0.4) is 0 Å². The number of ether oxygens (including phenoxy) is 1. The highest BCUT2D eigenvalue weighted by Gasteiger charge is 2.07. The third-order valence-electron chi connectivity index (χ3n) is 2.87. The van der Waals surface area contributed by atoms with Crippen LogP contribution in [0.1, 0.15) is 36.6 Å². The minimum absolute atomic E-state index is 0.415. The van der Waals surface area contributed by atoms with E-state index in [1.165, 1.54) is 5.56 Å². The summed E-state index contributed by atoms with van der Waals surface area (Å²) in [5.74, 6) is 1.32. The molecule has 19 heavy (non-hydrogen) atoms. The lowest BCUT2D eigenvalue weighted by Gasteiger charge is -2.13. The maximum atomic E-state index is 8.81. The van der Waals surface area contributed by atoms with Crippen LogP contribution < -0.4 is 4.74 Å². The molecule has 96 valence electrons. The van der Waals surface area contributed by atoms with Crippen molar-refractivity contribution in [3.05, 3.63) is 59.4 Å². The van der Waals surface area contributed by atoms with Gasteiger partial charge in [-0.15, -0.1) is 0 Å². The molecule has 0 aliphatic rings. The highest BCUT2D eigenvalue weighted by atomic mass is 16.5. The van der Waals surface area contributed by atoms with Crippen LogP contribution in [0.5, 0.6) is 5.75 Å². The van der Waals surface area contributed by atoms with Crippen LogP contribution in [0.4, 0.5) is 0 Å². The first-order valence-electron chi connectivity index (χ1n) is 6.27. The van der Waals surface area contributed by atoms with Gasteiger partial charge in [-0.2, -0.15) is 5.26 Å². The van der Waals surface area contributed by atoms with Crippen LogP contribution in [0.2, 0.25) is 0 Å². The fraction of sp³-hybridized carbons (Fsp3) is 0.250. The van der Waals surface area contributed by atoms with Crippen LogP contribution in [-0.4, -0.2) is 4.98 Å². The summed E-state index contributed by atoms with van der Waals surface area (Å²) in [5, 5.41) is 8.81. The van der Waals surface area contributed by atoms with Crippen molar-refractivity contribution in [1.82, 2.24) is 4.98 Å². The number of hydrogen-bond donors (Lipinski definition) is 0. The van der Waals surface area contributed by atoms with Gasteiger partial charge in [0, 0.05) is 6.20 Å². The van der Waals surface area contributed by atoms with Crippen molar-refractivity contribution in [3.63, 3.8) is 0 Å². The average molecular weight is 252 g/mol. The van der Waals surface area contributed by atoms with Gasteiger partial charge in [-0.1, -0.05) is 32.0 Å². The van der Waals surface area contributed by atoms with Gasteiger partial charge in [0.1, 0.15) is 24.1 Å². The largest absolute Gasteiger partial charge is 0.489 e. The van der Waals surface area contributed by atoms with E-state index in [4.69, 9.17) is 10.00 Å². The number of nitriles is 1. The first-order valence-corrected chi connectivity index (χ1v) is 6.27. The Labute approximate surface area is 113 Å². The highest BCUT2D eigenvalue weighted by Crippen LogP contribution is 2.26. The van der Waals surface area contributed by atoms with Crippen molar-refractivity contribution >= 4 is 0 Å². The van der Waals surface area contributed by atoms with Crippen LogP contribution in [0.15, 0.2) is 42.6 Å². The highest BCUT2D eigenvalue weighted by molar-refractivity contribution is 5.36. The molecule has 0 fully saturated rings. The van der Waals surface area contributed by atoms with E-state index in [0.717, 1.165) is 11.3 Å². The Kier molecular flexibility index (Phi) is 4.15. The molecule has 0 spiro atoms. The molecule has 0 saturated heterocycles. The summed E-state index contributed by atoms with van der Waals surface area (Å²) >= 11 is 0. The average Bonchev–Trinajstić information content (AvgIpc) is 2.45. The van der Waals surface area contributed by atoms with E-state index in [1.807, 2.05) is 30.3 Å². The Morgan fingerprint density at radius 1 is 1.26 bits per heavy atom. The van der Waals surface area contributed by atoms with E-state index in [0.29, 0.717) is 18.2 Å². The number of aromatic nitrogens is 1. The zero-order valence-corrected chi connectivity index (χ0v) is 11.1. The lowest BCUT2D eigenvalue weighted by atomic mass is 10.0. The maximum absolute atomic E-state index is 8.81. The Morgan fingerprint density at radius 3 is 2.79 bits per heavy atom. The van der Waals surface area contributed by atoms with E-state index < -0.39 is 0 Å². The minimum atomic E-state index is 0.415. The third kappa shape index (κ3) is 3.32. The first-order chi connectivity index (χ1) is 9.20. The molecule has 0 aliphatic heterocycles. The Hall–Kier alpha value is -2.34. The standard InChI is InChI=1S/C16H16N2O/c1-12(2)15-5-3-4-6-16(15)19-11-13-7-8-18-14(9-13)10-17/h3-9,12H,11H2,1-2H3. The molecule has 0 N–H and O–H groups in total. The van der Waals surface area contributed by atoms with Crippen molar-refractivity contribution in [2.75, 3.05) is 0 Å². The molecule has 2 rings (SSSR count). The van der Waals surface area contributed by atoms with Crippen molar-refractivity contribution in [2.45, 2.75) is 26.4 Å². The number of benzene rings is 1. The van der Waals surface area contributed by atoms with Gasteiger partial charge in [-0.3, -0.25) is 0 Å². The number of rotatable bonds is 4. The second-order valence-corrected chi connectivity index (χ2v) is 4.64. The molecule has 0 atom stereocenters. The molecule has 0 unspecified atom stereocenters. The molecular weight excluding hydrogens is 236 g/mol. The van der Waals surface area contributed by atoms with E-state index >= 15 is 0 Å². The Morgan fingerprint density at radius 2 is 2.05 bits per heavy atom. The summed E-state index contributed by atoms with van der Waals surface area (Å²) in [6, 6.07) is 13.7. The lowest BCUT2D eigenvalue weighted by molar-refractivity contribution is 0.301.